The van der Waals surface area contributed by atoms with Gasteiger partial charge < -0.3 is 15.2 Å². The van der Waals surface area contributed by atoms with E-state index in [9.17, 15) is 0 Å². The van der Waals surface area contributed by atoms with Crippen LogP contribution in [0.1, 0.15) is 32.3 Å². The summed E-state index contributed by atoms with van der Waals surface area (Å²) >= 11 is 6.15. The highest BCUT2D eigenvalue weighted by molar-refractivity contribution is 6.32. The third-order valence-electron chi connectivity index (χ3n) is 3.39. The lowest BCUT2D eigenvalue weighted by molar-refractivity contribution is 0.389. The van der Waals surface area contributed by atoms with Gasteiger partial charge in [0, 0.05) is 12.1 Å². The number of rotatable bonds is 7. The predicted molar refractivity (Wildman–Crippen MR) is 80.3 cm³/mol. The summed E-state index contributed by atoms with van der Waals surface area (Å²) in [4.78, 5) is 0. The summed E-state index contributed by atoms with van der Waals surface area (Å²) in [5.74, 6) is 1.97. The minimum Gasteiger partial charge on any atom is -0.496 e. The predicted octanol–water partition coefficient (Wildman–Crippen LogP) is 3.66. The molecule has 1 unspecified atom stereocenters. The molecule has 0 spiro atoms. The van der Waals surface area contributed by atoms with Gasteiger partial charge in [0.1, 0.15) is 11.5 Å². The Hall–Kier alpha value is -0.930. The van der Waals surface area contributed by atoms with E-state index >= 15 is 0 Å². The first-order chi connectivity index (χ1) is 8.99. The van der Waals surface area contributed by atoms with Crippen LogP contribution >= 0.6 is 11.6 Å². The van der Waals surface area contributed by atoms with Gasteiger partial charge in [-0.15, -0.1) is 0 Å². The fourth-order valence-corrected chi connectivity index (χ4v) is 2.24. The van der Waals surface area contributed by atoms with Gasteiger partial charge in [0.15, 0.2) is 0 Å². The third kappa shape index (κ3) is 4.59. The summed E-state index contributed by atoms with van der Waals surface area (Å²) in [6, 6.07) is 4.00. The van der Waals surface area contributed by atoms with E-state index in [1.165, 1.54) is 0 Å². The van der Waals surface area contributed by atoms with Gasteiger partial charge in [-0.25, -0.2) is 0 Å². The molecule has 108 valence electrons. The monoisotopic (exact) mass is 285 g/mol. The second-order valence-corrected chi connectivity index (χ2v) is 5.51. The molecule has 19 heavy (non-hydrogen) atoms. The SMILES string of the molecule is COc1cc(OC)c(CCCC(N)C(C)C)cc1Cl. The molecule has 0 amide bonds. The maximum atomic E-state index is 6.15. The van der Waals surface area contributed by atoms with Gasteiger partial charge in [0.2, 0.25) is 0 Å². The average molecular weight is 286 g/mol. The largest absolute Gasteiger partial charge is 0.496 e. The van der Waals surface area contributed by atoms with Crippen LogP contribution in [0.2, 0.25) is 5.02 Å². The lowest BCUT2D eigenvalue weighted by Gasteiger charge is -2.16. The zero-order valence-corrected chi connectivity index (χ0v) is 13.0. The molecule has 0 saturated carbocycles. The van der Waals surface area contributed by atoms with Crippen molar-refractivity contribution in [2.75, 3.05) is 14.2 Å². The molecule has 1 atom stereocenters. The Morgan fingerprint density at radius 3 is 2.32 bits per heavy atom. The van der Waals surface area contributed by atoms with Crippen LogP contribution in [0.5, 0.6) is 11.5 Å². The molecule has 0 saturated heterocycles. The van der Waals surface area contributed by atoms with Gasteiger partial charge in [-0.1, -0.05) is 25.4 Å². The normalized spacial score (nSPS) is 12.6. The molecule has 1 rings (SSSR count). The van der Waals surface area contributed by atoms with E-state index in [4.69, 9.17) is 26.8 Å². The van der Waals surface area contributed by atoms with Gasteiger partial charge in [0.25, 0.3) is 0 Å². The Balaban J connectivity index is 2.70. The van der Waals surface area contributed by atoms with Crippen LogP contribution in [-0.2, 0) is 6.42 Å². The number of nitrogens with two attached hydrogens (primary N) is 1. The van der Waals surface area contributed by atoms with Crippen molar-refractivity contribution in [2.24, 2.45) is 11.7 Å². The highest BCUT2D eigenvalue weighted by Crippen LogP contribution is 2.33. The van der Waals surface area contributed by atoms with Crippen molar-refractivity contribution in [3.8, 4) is 11.5 Å². The minimum atomic E-state index is 0.250. The molecule has 0 fully saturated rings. The molecule has 1 aromatic rings. The Morgan fingerprint density at radius 2 is 1.79 bits per heavy atom. The maximum Gasteiger partial charge on any atom is 0.141 e. The molecule has 1 aromatic carbocycles. The number of halogens is 1. The molecule has 0 radical (unpaired) electrons. The Labute approximate surface area is 121 Å². The summed E-state index contributed by atoms with van der Waals surface area (Å²) in [5.41, 5.74) is 7.15. The molecule has 0 aromatic heterocycles. The van der Waals surface area contributed by atoms with Gasteiger partial charge in [-0.3, -0.25) is 0 Å². The third-order valence-corrected chi connectivity index (χ3v) is 3.69. The van der Waals surface area contributed by atoms with Crippen LogP contribution in [0.15, 0.2) is 12.1 Å². The highest BCUT2D eigenvalue weighted by Gasteiger charge is 2.11. The lowest BCUT2D eigenvalue weighted by atomic mass is 9.97. The van der Waals surface area contributed by atoms with Crippen LogP contribution in [0, 0.1) is 5.92 Å². The zero-order valence-electron chi connectivity index (χ0n) is 12.2. The molecule has 3 nitrogen and oxygen atoms in total. The van der Waals surface area contributed by atoms with E-state index in [1.807, 2.05) is 12.1 Å². The molecule has 0 aliphatic rings. The molecular weight excluding hydrogens is 262 g/mol. The molecule has 2 N–H and O–H groups in total. The van der Waals surface area contributed by atoms with E-state index in [0.29, 0.717) is 16.7 Å². The van der Waals surface area contributed by atoms with Crippen molar-refractivity contribution >= 4 is 11.6 Å². The van der Waals surface area contributed by atoms with Crippen molar-refractivity contribution in [1.82, 2.24) is 0 Å². The number of methoxy groups -OCH3 is 2. The van der Waals surface area contributed by atoms with E-state index in [0.717, 1.165) is 30.6 Å². The Bertz CT molecular complexity index is 407. The second kappa shape index (κ2) is 7.61. The number of aryl methyl sites for hydroxylation is 1. The van der Waals surface area contributed by atoms with Crippen molar-refractivity contribution in [1.29, 1.82) is 0 Å². The van der Waals surface area contributed by atoms with Gasteiger partial charge in [-0.05, 0) is 36.8 Å². The first-order valence-corrected chi connectivity index (χ1v) is 7.03. The van der Waals surface area contributed by atoms with Crippen LogP contribution in [-0.4, -0.2) is 20.3 Å². The summed E-state index contributed by atoms with van der Waals surface area (Å²) in [5, 5.41) is 0.617. The zero-order chi connectivity index (χ0) is 14.4. The lowest BCUT2D eigenvalue weighted by Crippen LogP contribution is -2.26. The van der Waals surface area contributed by atoms with E-state index in [-0.39, 0.29) is 6.04 Å². The first-order valence-electron chi connectivity index (χ1n) is 6.65. The molecule has 0 bridgehead atoms. The van der Waals surface area contributed by atoms with E-state index in [1.54, 1.807) is 14.2 Å². The maximum absolute atomic E-state index is 6.15. The van der Waals surface area contributed by atoms with Crippen molar-refractivity contribution in [3.05, 3.63) is 22.7 Å². The fourth-order valence-electron chi connectivity index (χ4n) is 1.98. The Kier molecular flexibility index (Phi) is 6.46. The first kappa shape index (κ1) is 16.1. The van der Waals surface area contributed by atoms with Crippen LogP contribution in [0.4, 0.5) is 0 Å². The van der Waals surface area contributed by atoms with Crippen molar-refractivity contribution < 1.29 is 9.47 Å². The summed E-state index contributed by atoms with van der Waals surface area (Å²) in [6.45, 7) is 4.30. The van der Waals surface area contributed by atoms with Gasteiger partial charge >= 0.3 is 0 Å². The topological polar surface area (TPSA) is 44.5 Å². The van der Waals surface area contributed by atoms with Crippen molar-refractivity contribution in [2.45, 2.75) is 39.2 Å². The van der Waals surface area contributed by atoms with Crippen LogP contribution in [0.25, 0.3) is 0 Å². The molecular formula is C15H24ClNO2. The standard InChI is InChI=1S/C15H24ClNO2/c1-10(2)13(17)7-5-6-11-8-12(16)15(19-4)9-14(11)18-3/h8-10,13H,5-7,17H2,1-4H3. The highest BCUT2D eigenvalue weighted by atomic mass is 35.5. The average Bonchev–Trinajstić information content (AvgIpc) is 2.38. The number of benzene rings is 1. The molecule has 0 heterocycles. The number of hydrogen-bond donors (Lipinski definition) is 1. The second-order valence-electron chi connectivity index (χ2n) is 5.10. The van der Waals surface area contributed by atoms with Crippen LogP contribution in [0.3, 0.4) is 0 Å². The Morgan fingerprint density at radius 1 is 1.16 bits per heavy atom. The van der Waals surface area contributed by atoms with E-state index < -0.39 is 0 Å². The van der Waals surface area contributed by atoms with E-state index in [2.05, 4.69) is 13.8 Å². The number of ether oxygens (including phenoxy) is 2. The quantitative estimate of drug-likeness (QED) is 0.831. The van der Waals surface area contributed by atoms with Crippen LogP contribution < -0.4 is 15.2 Å². The summed E-state index contributed by atoms with van der Waals surface area (Å²) in [7, 11) is 3.26. The van der Waals surface area contributed by atoms with Gasteiger partial charge in [0.05, 0.1) is 19.2 Å². The van der Waals surface area contributed by atoms with Gasteiger partial charge in [-0.2, -0.15) is 0 Å². The fraction of sp³-hybridized carbons (Fsp3) is 0.600. The van der Waals surface area contributed by atoms with Crippen molar-refractivity contribution in [3.63, 3.8) is 0 Å². The molecule has 0 aliphatic heterocycles. The summed E-state index contributed by atoms with van der Waals surface area (Å²) in [6.07, 6.45) is 2.94. The smallest absolute Gasteiger partial charge is 0.141 e. The minimum absolute atomic E-state index is 0.250. The number of hydrogen-bond acceptors (Lipinski definition) is 3. The summed E-state index contributed by atoms with van der Waals surface area (Å²) < 4.78 is 10.6. The molecule has 4 heteroatoms. The molecule has 0 aliphatic carbocycles.